The topological polar surface area (TPSA) is 75.6 Å². The van der Waals surface area contributed by atoms with Gasteiger partial charge in [-0.15, -0.1) is 0 Å². The predicted molar refractivity (Wildman–Crippen MR) is 80.3 cm³/mol. The summed E-state index contributed by atoms with van der Waals surface area (Å²) in [5, 5.41) is 12.8. The lowest BCUT2D eigenvalue weighted by Crippen LogP contribution is -2.29. The zero-order valence-corrected chi connectivity index (χ0v) is 12.2. The van der Waals surface area contributed by atoms with E-state index in [-0.39, 0.29) is 17.1 Å². The second kappa shape index (κ2) is 6.32. The summed E-state index contributed by atoms with van der Waals surface area (Å²) in [6.07, 6.45) is 2.18. The van der Waals surface area contributed by atoms with Gasteiger partial charge in [0, 0.05) is 6.61 Å². The molecule has 0 spiro atoms. The number of benzene rings is 1. The fraction of sp³-hybridized carbons (Fsp3) is 0.412. The van der Waals surface area contributed by atoms with Crippen molar-refractivity contribution in [3.8, 4) is 0 Å². The van der Waals surface area contributed by atoms with Gasteiger partial charge in [0.1, 0.15) is 17.4 Å². The van der Waals surface area contributed by atoms with Crippen molar-refractivity contribution < 1.29 is 19.4 Å². The fourth-order valence-electron chi connectivity index (χ4n) is 2.94. The summed E-state index contributed by atoms with van der Waals surface area (Å²) < 4.78 is 5.35. The smallest absolute Gasteiger partial charge is 0.259 e. The Labute approximate surface area is 129 Å². The predicted octanol–water partition coefficient (Wildman–Crippen LogP) is 1.68. The molecule has 2 unspecified atom stereocenters. The highest BCUT2D eigenvalue weighted by molar-refractivity contribution is 6.26. The molecule has 3 rings (SSSR count). The Kier molecular flexibility index (Phi) is 4.24. The lowest BCUT2D eigenvalue weighted by molar-refractivity contribution is -0.117. The number of rotatable bonds is 4. The number of ether oxygens (including phenoxy) is 1. The third-order valence-corrected chi connectivity index (χ3v) is 4.15. The molecule has 0 aliphatic carbocycles. The average molecular weight is 301 g/mol. The molecular formula is C17H19NO4. The summed E-state index contributed by atoms with van der Waals surface area (Å²) >= 11 is 0. The standard InChI is InChI=1S/C17H19NO4/c19-15-12(9-8-11-5-2-1-3-6-11)18-17(21)14(15)16(20)13-7-4-10-22-13/h1-3,5-6,12-13,20H,4,7-10H2,(H,18,21). The first kappa shape index (κ1) is 14.8. The fourth-order valence-corrected chi connectivity index (χ4v) is 2.94. The number of carbonyl (C=O) groups excluding carboxylic acids is 2. The van der Waals surface area contributed by atoms with Crippen LogP contribution in [0.5, 0.6) is 0 Å². The molecule has 0 saturated carbocycles. The van der Waals surface area contributed by atoms with E-state index in [1.54, 1.807) is 0 Å². The van der Waals surface area contributed by atoms with Crippen LogP contribution in [0.4, 0.5) is 0 Å². The summed E-state index contributed by atoms with van der Waals surface area (Å²) in [7, 11) is 0. The van der Waals surface area contributed by atoms with Crippen molar-refractivity contribution in [2.45, 2.75) is 37.8 Å². The summed E-state index contributed by atoms with van der Waals surface area (Å²) in [6.45, 7) is 0.551. The Morgan fingerprint density at radius 3 is 2.73 bits per heavy atom. The van der Waals surface area contributed by atoms with Gasteiger partial charge < -0.3 is 15.2 Å². The van der Waals surface area contributed by atoms with Crippen molar-refractivity contribution >= 4 is 11.7 Å². The lowest BCUT2D eigenvalue weighted by Gasteiger charge is -2.10. The van der Waals surface area contributed by atoms with Gasteiger partial charge in [-0.2, -0.15) is 0 Å². The normalized spacial score (nSPS) is 27.1. The summed E-state index contributed by atoms with van der Waals surface area (Å²) in [4.78, 5) is 24.4. The Balaban J connectivity index is 1.70. The number of aryl methyl sites for hydroxylation is 1. The van der Waals surface area contributed by atoms with Crippen molar-refractivity contribution in [3.63, 3.8) is 0 Å². The third-order valence-electron chi connectivity index (χ3n) is 4.15. The zero-order chi connectivity index (χ0) is 15.5. The van der Waals surface area contributed by atoms with E-state index in [2.05, 4.69) is 5.32 Å². The van der Waals surface area contributed by atoms with E-state index < -0.39 is 18.1 Å². The van der Waals surface area contributed by atoms with Crippen LogP contribution in [-0.4, -0.2) is 35.5 Å². The molecule has 1 aromatic rings. The number of carbonyl (C=O) groups is 2. The SMILES string of the molecule is O=C1NC(CCc2ccccc2)C(=O)C1=C(O)C1CCCO1. The molecule has 22 heavy (non-hydrogen) atoms. The third kappa shape index (κ3) is 2.90. The molecule has 1 aromatic carbocycles. The van der Waals surface area contributed by atoms with Crippen molar-refractivity contribution in [1.29, 1.82) is 0 Å². The summed E-state index contributed by atoms with van der Waals surface area (Å²) in [6, 6.07) is 9.24. The highest BCUT2D eigenvalue weighted by atomic mass is 16.5. The van der Waals surface area contributed by atoms with Crippen LogP contribution in [0.25, 0.3) is 0 Å². The highest BCUT2D eigenvalue weighted by Gasteiger charge is 2.40. The van der Waals surface area contributed by atoms with Crippen molar-refractivity contribution in [3.05, 3.63) is 47.2 Å². The van der Waals surface area contributed by atoms with Crippen LogP contribution in [-0.2, 0) is 20.7 Å². The van der Waals surface area contributed by atoms with Gasteiger partial charge in [0.05, 0.1) is 6.04 Å². The molecule has 116 valence electrons. The minimum Gasteiger partial charge on any atom is -0.509 e. The van der Waals surface area contributed by atoms with Crippen LogP contribution in [0, 0.1) is 0 Å². The molecule has 2 heterocycles. The van der Waals surface area contributed by atoms with Crippen LogP contribution in [0.15, 0.2) is 41.7 Å². The second-order valence-corrected chi connectivity index (χ2v) is 5.68. The second-order valence-electron chi connectivity index (χ2n) is 5.68. The van der Waals surface area contributed by atoms with Crippen molar-refractivity contribution in [1.82, 2.24) is 5.32 Å². The molecule has 2 fully saturated rings. The summed E-state index contributed by atoms with van der Waals surface area (Å²) in [5.41, 5.74) is 0.996. The molecule has 0 aromatic heterocycles. The van der Waals surface area contributed by atoms with E-state index in [9.17, 15) is 14.7 Å². The minimum atomic E-state index is -0.564. The maximum atomic E-state index is 12.4. The molecule has 0 bridgehead atoms. The Hall–Kier alpha value is -2.14. The van der Waals surface area contributed by atoms with Gasteiger partial charge in [0.15, 0.2) is 5.78 Å². The molecule has 2 N–H and O–H groups in total. The molecule has 1 amide bonds. The van der Waals surface area contributed by atoms with E-state index in [1.165, 1.54) is 0 Å². The lowest BCUT2D eigenvalue weighted by atomic mass is 10.00. The van der Waals surface area contributed by atoms with E-state index in [1.807, 2.05) is 30.3 Å². The van der Waals surface area contributed by atoms with Crippen molar-refractivity contribution in [2.24, 2.45) is 0 Å². The quantitative estimate of drug-likeness (QED) is 0.504. The molecular weight excluding hydrogens is 282 g/mol. The highest BCUT2D eigenvalue weighted by Crippen LogP contribution is 2.25. The maximum absolute atomic E-state index is 12.4. The van der Waals surface area contributed by atoms with E-state index in [4.69, 9.17) is 4.74 Å². The molecule has 5 heteroatoms. The molecule has 2 atom stereocenters. The summed E-state index contributed by atoms with van der Waals surface area (Å²) in [5.74, 6) is -1.02. The number of hydrogen-bond acceptors (Lipinski definition) is 4. The Morgan fingerprint density at radius 2 is 2.05 bits per heavy atom. The Morgan fingerprint density at radius 1 is 1.27 bits per heavy atom. The van der Waals surface area contributed by atoms with Gasteiger partial charge in [-0.05, 0) is 31.2 Å². The molecule has 2 saturated heterocycles. The van der Waals surface area contributed by atoms with E-state index in [0.717, 1.165) is 12.0 Å². The van der Waals surface area contributed by atoms with E-state index >= 15 is 0 Å². The first-order valence-corrected chi connectivity index (χ1v) is 7.60. The molecule has 2 aliphatic heterocycles. The number of aliphatic hydroxyl groups is 1. The van der Waals surface area contributed by atoms with Gasteiger partial charge in [0.2, 0.25) is 0 Å². The number of Topliss-reactive ketones (excluding diaryl/α,β-unsaturated/α-hetero) is 1. The first-order valence-electron chi connectivity index (χ1n) is 7.60. The molecule has 0 radical (unpaired) electrons. The van der Waals surface area contributed by atoms with Gasteiger partial charge in [-0.3, -0.25) is 9.59 Å². The van der Waals surface area contributed by atoms with Gasteiger partial charge >= 0.3 is 0 Å². The molecule has 2 aliphatic rings. The number of ketones is 1. The van der Waals surface area contributed by atoms with Gasteiger partial charge in [0.25, 0.3) is 5.91 Å². The van der Waals surface area contributed by atoms with Gasteiger partial charge in [-0.25, -0.2) is 0 Å². The van der Waals surface area contributed by atoms with Gasteiger partial charge in [-0.1, -0.05) is 30.3 Å². The Bertz CT molecular complexity index is 602. The van der Waals surface area contributed by atoms with Crippen LogP contribution < -0.4 is 5.32 Å². The van der Waals surface area contributed by atoms with E-state index in [0.29, 0.717) is 25.9 Å². The average Bonchev–Trinajstić information content (AvgIpc) is 3.15. The minimum absolute atomic E-state index is 0.120. The van der Waals surface area contributed by atoms with Crippen LogP contribution >= 0.6 is 0 Å². The zero-order valence-electron chi connectivity index (χ0n) is 12.2. The number of amides is 1. The largest absolute Gasteiger partial charge is 0.509 e. The molecule has 5 nitrogen and oxygen atoms in total. The maximum Gasteiger partial charge on any atom is 0.259 e. The number of hydrogen-bond donors (Lipinski definition) is 2. The van der Waals surface area contributed by atoms with Crippen molar-refractivity contribution in [2.75, 3.05) is 6.61 Å². The monoisotopic (exact) mass is 301 g/mol. The van der Waals surface area contributed by atoms with Crippen LogP contribution in [0.2, 0.25) is 0 Å². The van der Waals surface area contributed by atoms with Crippen LogP contribution in [0.1, 0.15) is 24.8 Å². The first-order chi connectivity index (χ1) is 10.7. The number of aliphatic hydroxyl groups excluding tert-OH is 1. The van der Waals surface area contributed by atoms with Crippen LogP contribution in [0.3, 0.4) is 0 Å². The number of nitrogens with one attached hydrogen (secondary N) is 1.